The van der Waals surface area contributed by atoms with Crippen LogP contribution in [0.4, 0.5) is 5.69 Å². The van der Waals surface area contributed by atoms with E-state index < -0.39 is 16.0 Å². The molecule has 19 heavy (non-hydrogen) atoms. The van der Waals surface area contributed by atoms with Crippen LogP contribution in [0.15, 0.2) is 23.1 Å². The van der Waals surface area contributed by atoms with Gasteiger partial charge in [0.05, 0.1) is 20.7 Å². The number of rotatable bonds is 6. The largest absolute Gasteiger partial charge is 0.399 e. The lowest BCUT2D eigenvalue weighted by Crippen LogP contribution is -2.36. The lowest BCUT2D eigenvalue weighted by atomic mass is 10.3. The molecule has 0 heterocycles. The van der Waals surface area contributed by atoms with E-state index in [1.807, 2.05) is 6.92 Å². The summed E-state index contributed by atoms with van der Waals surface area (Å²) in [4.78, 5) is 12.3. The molecular formula is C13H19ClN2O2S. The minimum absolute atomic E-state index is 0.231. The van der Waals surface area contributed by atoms with Crippen LogP contribution in [-0.2, 0) is 15.6 Å². The highest BCUT2D eigenvalue weighted by Crippen LogP contribution is 2.24. The SMILES string of the molecule is CCCCNC(=O)C(C)S(=O)c1cc(N)ccc1Cl. The number of carbonyl (C=O) groups excluding carboxylic acids is 1. The molecule has 4 nitrogen and oxygen atoms in total. The molecule has 0 aliphatic heterocycles. The van der Waals surface area contributed by atoms with Crippen LogP contribution in [0.1, 0.15) is 26.7 Å². The summed E-state index contributed by atoms with van der Waals surface area (Å²) < 4.78 is 12.3. The van der Waals surface area contributed by atoms with Gasteiger partial charge in [-0.2, -0.15) is 0 Å². The van der Waals surface area contributed by atoms with E-state index in [4.69, 9.17) is 17.3 Å². The Morgan fingerprint density at radius 1 is 1.53 bits per heavy atom. The van der Waals surface area contributed by atoms with Crippen molar-refractivity contribution in [2.45, 2.75) is 36.8 Å². The molecule has 1 amide bonds. The molecule has 0 aliphatic rings. The summed E-state index contributed by atoms with van der Waals surface area (Å²) in [5.41, 5.74) is 6.12. The van der Waals surface area contributed by atoms with Crippen molar-refractivity contribution in [2.75, 3.05) is 12.3 Å². The summed E-state index contributed by atoms with van der Waals surface area (Å²) in [5, 5.41) is 2.47. The lowest BCUT2D eigenvalue weighted by Gasteiger charge is -2.13. The Morgan fingerprint density at radius 2 is 2.21 bits per heavy atom. The standard InChI is InChI=1S/C13H19ClN2O2S/c1-3-4-7-16-13(17)9(2)19(18)12-8-10(15)5-6-11(12)14/h5-6,8-9H,3-4,7,15H2,1-2H3,(H,16,17). The second-order valence-electron chi connectivity index (χ2n) is 4.27. The van der Waals surface area contributed by atoms with Crippen LogP contribution in [0.2, 0.25) is 5.02 Å². The number of halogens is 1. The molecule has 0 aromatic heterocycles. The number of carbonyl (C=O) groups is 1. The molecule has 1 aromatic rings. The maximum atomic E-state index is 12.3. The maximum Gasteiger partial charge on any atom is 0.235 e. The van der Waals surface area contributed by atoms with Gasteiger partial charge in [-0.3, -0.25) is 9.00 Å². The van der Waals surface area contributed by atoms with Gasteiger partial charge in [0.25, 0.3) is 0 Å². The zero-order chi connectivity index (χ0) is 14.4. The number of unbranched alkanes of at least 4 members (excludes halogenated alkanes) is 1. The molecule has 0 aliphatic carbocycles. The number of nitrogens with one attached hydrogen (secondary N) is 1. The van der Waals surface area contributed by atoms with Crippen LogP contribution in [0.5, 0.6) is 0 Å². The van der Waals surface area contributed by atoms with Gasteiger partial charge in [0.2, 0.25) is 5.91 Å². The fourth-order valence-corrected chi connectivity index (χ4v) is 3.01. The number of hydrogen-bond acceptors (Lipinski definition) is 3. The van der Waals surface area contributed by atoms with Crippen molar-refractivity contribution in [2.24, 2.45) is 0 Å². The Morgan fingerprint density at radius 3 is 2.84 bits per heavy atom. The van der Waals surface area contributed by atoms with Crippen molar-refractivity contribution in [1.82, 2.24) is 5.32 Å². The minimum atomic E-state index is -1.51. The first-order valence-electron chi connectivity index (χ1n) is 6.20. The van der Waals surface area contributed by atoms with Crippen molar-refractivity contribution < 1.29 is 9.00 Å². The topological polar surface area (TPSA) is 72.2 Å². The highest BCUT2D eigenvalue weighted by molar-refractivity contribution is 7.86. The van der Waals surface area contributed by atoms with Gasteiger partial charge in [0.15, 0.2) is 0 Å². The van der Waals surface area contributed by atoms with Crippen LogP contribution < -0.4 is 11.1 Å². The van der Waals surface area contributed by atoms with Crippen LogP contribution in [-0.4, -0.2) is 21.9 Å². The molecule has 0 radical (unpaired) electrons. The number of amides is 1. The van der Waals surface area contributed by atoms with Crippen LogP contribution in [0.25, 0.3) is 0 Å². The van der Waals surface area contributed by atoms with Crippen LogP contribution in [0, 0.1) is 0 Å². The minimum Gasteiger partial charge on any atom is -0.399 e. The Balaban J connectivity index is 2.76. The molecule has 2 unspecified atom stereocenters. The summed E-state index contributed by atoms with van der Waals surface area (Å²) in [7, 11) is -1.51. The van der Waals surface area contributed by atoms with Crippen LogP contribution in [0.3, 0.4) is 0 Å². The maximum absolute atomic E-state index is 12.3. The van der Waals surface area contributed by atoms with E-state index in [-0.39, 0.29) is 5.91 Å². The van der Waals surface area contributed by atoms with Gasteiger partial charge in [-0.15, -0.1) is 0 Å². The molecular weight excluding hydrogens is 284 g/mol. The van der Waals surface area contributed by atoms with E-state index in [0.29, 0.717) is 22.2 Å². The van der Waals surface area contributed by atoms with Gasteiger partial charge in [-0.1, -0.05) is 24.9 Å². The first-order chi connectivity index (χ1) is 8.97. The monoisotopic (exact) mass is 302 g/mol. The molecule has 2 atom stereocenters. The van der Waals surface area contributed by atoms with E-state index in [1.54, 1.807) is 25.1 Å². The predicted octanol–water partition coefficient (Wildman–Crippen LogP) is 2.33. The molecule has 1 rings (SSSR count). The van der Waals surface area contributed by atoms with Gasteiger partial charge in [-0.05, 0) is 31.5 Å². The zero-order valence-corrected chi connectivity index (χ0v) is 12.7. The first kappa shape index (κ1) is 16.0. The number of benzene rings is 1. The van der Waals surface area contributed by atoms with E-state index in [0.717, 1.165) is 12.8 Å². The van der Waals surface area contributed by atoms with Gasteiger partial charge in [-0.25, -0.2) is 0 Å². The number of nitrogen functional groups attached to an aromatic ring is 1. The number of nitrogens with two attached hydrogens (primary N) is 1. The highest BCUT2D eigenvalue weighted by atomic mass is 35.5. The van der Waals surface area contributed by atoms with Gasteiger partial charge in [0, 0.05) is 12.2 Å². The fraction of sp³-hybridized carbons (Fsp3) is 0.462. The molecule has 0 fully saturated rings. The quantitative estimate of drug-likeness (QED) is 0.626. The van der Waals surface area contributed by atoms with Gasteiger partial charge < -0.3 is 11.1 Å². The third-order valence-corrected chi connectivity index (χ3v) is 4.76. The molecule has 0 saturated heterocycles. The van der Waals surface area contributed by atoms with Crippen molar-refractivity contribution in [3.63, 3.8) is 0 Å². The summed E-state index contributed by atoms with van der Waals surface area (Å²) in [5.74, 6) is -0.231. The summed E-state index contributed by atoms with van der Waals surface area (Å²) in [6.07, 6.45) is 1.91. The predicted molar refractivity (Wildman–Crippen MR) is 79.7 cm³/mol. The molecule has 0 bridgehead atoms. The average molecular weight is 303 g/mol. The molecule has 106 valence electrons. The molecule has 0 spiro atoms. The Hall–Kier alpha value is -1.07. The first-order valence-corrected chi connectivity index (χ1v) is 7.79. The van der Waals surface area contributed by atoms with Crippen LogP contribution >= 0.6 is 11.6 Å². The second-order valence-corrected chi connectivity index (χ2v) is 6.42. The Kier molecular flexibility index (Phi) is 6.31. The molecule has 1 aromatic carbocycles. The summed E-state index contributed by atoms with van der Waals surface area (Å²) in [6.45, 7) is 4.26. The average Bonchev–Trinajstić information content (AvgIpc) is 2.40. The van der Waals surface area contributed by atoms with E-state index >= 15 is 0 Å². The van der Waals surface area contributed by atoms with E-state index in [9.17, 15) is 9.00 Å². The molecule has 6 heteroatoms. The summed E-state index contributed by atoms with van der Waals surface area (Å²) >= 11 is 5.99. The Labute approximate surface area is 121 Å². The lowest BCUT2D eigenvalue weighted by molar-refractivity contribution is -0.120. The molecule has 3 N–H and O–H groups in total. The van der Waals surface area contributed by atoms with Gasteiger partial charge in [0.1, 0.15) is 5.25 Å². The third-order valence-electron chi connectivity index (χ3n) is 2.69. The number of anilines is 1. The smallest absolute Gasteiger partial charge is 0.235 e. The number of hydrogen-bond donors (Lipinski definition) is 2. The third kappa shape index (κ3) is 4.51. The van der Waals surface area contributed by atoms with Crippen molar-refractivity contribution in [3.05, 3.63) is 23.2 Å². The van der Waals surface area contributed by atoms with E-state index in [2.05, 4.69) is 5.32 Å². The second kappa shape index (κ2) is 7.50. The van der Waals surface area contributed by atoms with Gasteiger partial charge >= 0.3 is 0 Å². The van der Waals surface area contributed by atoms with Crippen molar-refractivity contribution in [1.29, 1.82) is 0 Å². The normalized spacial score (nSPS) is 13.8. The van der Waals surface area contributed by atoms with E-state index in [1.165, 1.54) is 0 Å². The molecule has 0 saturated carbocycles. The summed E-state index contributed by atoms with van der Waals surface area (Å²) in [6, 6.07) is 4.77. The fourth-order valence-electron chi connectivity index (χ4n) is 1.49. The Bertz CT molecular complexity index is 480. The highest BCUT2D eigenvalue weighted by Gasteiger charge is 2.22. The zero-order valence-electron chi connectivity index (χ0n) is 11.1. The van der Waals surface area contributed by atoms with Crippen molar-refractivity contribution in [3.8, 4) is 0 Å². The van der Waals surface area contributed by atoms with Crippen molar-refractivity contribution >= 4 is 34.0 Å².